The fourth-order valence-electron chi connectivity index (χ4n) is 3.11. The van der Waals surface area contributed by atoms with Crippen LogP contribution in [0.3, 0.4) is 0 Å². The van der Waals surface area contributed by atoms with Gasteiger partial charge in [-0.25, -0.2) is 8.42 Å². The van der Waals surface area contributed by atoms with Crippen LogP contribution in [0.5, 0.6) is 0 Å². The lowest BCUT2D eigenvalue weighted by atomic mass is 10.1. The summed E-state index contributed by atoms with van der Waals surface area (Å²) < 4.78 is 27.6. The molecular formula is C17H18ClNO3S. The lowest BCUT2D eigenvalue weighted by molar-refractivity contribution is 0.197. The smallest absolute Gasteiger partial charge is 0.243 e. The molecule has 122 valence electrons. The second kappa shape index (κ2) is 6.61. The zero-order chi connectivity index (χ0) is 16.4. The van der Waals surface area contributed by atoms with E-state index in [1.54, 1.807) is 12.1 Å². The van der Waals surface area contributed by atoms with Crippen molar-refractivity contribution in [3.8, 4) is 0 Å². The van der Waals surface area contributed by atoms with E-state index >= 15 is 0 Å². The number of benzene rings is 2. The largest absolute Gasteiger partial charge is 0.395 e. The van der Waals surface area contributed by atoms with E-state index in [2.05, 4.69) is 0 Å². The first kappa shape index (κ1) is 16.5. The van der Waals surface area contributed by atoms with Crippen LogP contribution in [0, 0.1) is 0 Å². The van der Waals surface area contributed by atoms with Gasteiger partial charge in [-0.15, -0.1) is 0 Å². The monoisotopic (exact) mass is 351 g/mol. The highest BCUT2D eigenvalue weighted by Crippen LogP contribution is 2.40. The number of hydrogen-bond donors (Lipinski definition) is 1. The van der Waals surface area contributed by atoms with Gasteiger partial charge in [-0.2, -0.15) is 4.31 Å². The second-order valence-electron chi connectivity index (χ2n) is 5.63. The third-order valence-corrected chi connectivity index (χ3v) is 6.45. The molecule has 2 aromatic rings. The van der Waals surface area contributed by atoms with Gasteiger partial charge in [-0.05, 0) is 42.7 Å². The minimum Gasteiger partial charge on any atom is -0.395 e. The van der Waals surface area contributed by atoms with E-state index in [9.17, 15) is 13.5 Å². The zero-order valence-electron chi connectivity index (χ0n) is 12.5. The summed E-state index contributed by atoms with van der Waals surface area (Å²) in [5, 5.41) is 10.1. The summed E-state index contributed by atoms with van der Waals surface area (Å²) in [5.41, 5.74) is 0.945. The lowest BCUT2D eigenvalue weighted by Gasteiger charge is -2.29. The Bertz CT molecular complexity index is 762. The van der Waals surface area contributed by atoms with Gasteiger partial charge in [0.05, 0.1) is 17.5 Å². The van der Waals surface area contributed by atoms with Gasteiger partial charge in [0.25, 0.3) is 0 Å². The Morgan fingerprint density at radius 2 is 1.70 bits per heavy atom. The van der Waals surface area contributed by atoms with E-state index in [1.165, 1.54) is 16.4 Å². The molecule has 1 aliphatic heterocycles. The molecule has 0 aromatic heterocycles. The van der Waals surface area contributed by atoms with Gasteiger partial charge in [-0.3, -0.25) is 0 Å². The Morgan fingerprint density at radius 1 is 1.04 bits per heavy atom. The van der Waals surface area contributed by atoms with Crippen molar-refractivity contribution in [2.75, 3.05) is 6.61 Å². The first-order valence-corrected chi connectivity index (χ1v) is 9.31. The zero-order valence-corrected chi connectivity index (χ0v) is 14.0. The molecule has 1 fully saturated rings. The summed E-state index contributed by atoms with van der Waals surface area (Å²) in [7, 11) is -3.70. The van der Waals surface area contributed by atoms with Gasteiger partial charge in [0.2, 0.25) is 10.0 Å². The maximum Gasteiger partial charge on any atom is 0.243 e. The predicted molar refractivity (Wildman–Crippen MR) is 89.8 cm³/mol. The van der Waals surface area contributed by atoms with E-state index in [-0.39, 0.29) is 17.5 Å². The van der Waals surface area contributed by atoms with Crippen LogP contribution >= 0.6 is 11.6 Å². The van der Waals surface area contributed by atoms with Crippen molar-refractivity contribution in [3.63, 3.8) is 0 Å². The molecule has 0 radical (unpaired) electrons. The summed E-state index contributed by atoms with van der Waals surface area (Å²) in [6.45, 7) is -0.184. The van der Waals surface area contributed by atoms with Crippen LogP contribution in [0.4, 0.5) is 0 Å². The molecule has 1 heterocycles. The predicted octanol–water partition coefficient (Wildman–Crippen LogP) is 3.23. The van der Waals surface area contributed by atoms with Gasteiger partial charge in [0, 0.05) is 11.1 Å². The van der Waals surface area contributed by atoms with Gasteiger partial charge in [0.1, 0.15) is 0 Å². The number of hydrogen-bond acceptors (Lipinski definition) is 3. The fourth-order valence-corrected chi connectivity index (χ4v) is 5.09. The van der Waals surface area contributed by atoms with Crippen molar-refractivity contribution in [2.24, 2.45) is 0 Å². The number of rotatable bonds is 4. The lowest BCUT2D eigenvalue weighted by Crippen LogP contribution is -2.39. The Morgan fingerprint density at radius 3 is 2.30 bits per heavy atom. The topological polar surface area (TPSA) is 57.6 Å². The van der Waals surface area contributed by atoms with Gasteiger partial charge < -0.3 is 5.11 Å². The normalized spacial score (nSPS) is 22.3. The van der Waals surface area contributed by atoms with Crippen LogP contribution in [0.2, 0.25) is 5.02 Å². The summed E-state index contributed by atoms with van der Waals surface area (Å²) in [6, 6.07) is 15.0. The molecule has 2 unspecified atom stereocenters. The second-order valence-corrected chi connectivity index (χ2v) is 7.91. The third kappa shape index (κ3) is 3.15. The fraction of sp³-hybridized carbons (Fsp3) is 0.294. The maximum atomic E-state index is 13.1. The van der Waals surface area contributed by atoms with Gasteiger partial charge in [0.15, 0.2) is 0 Å². The highest BCUT2D eigenvalue weighted by Gasteiger charge is 2.42. The molecule has 4 nitrogen and oxygen atoms in total. The minimum atomic E-state index is -3.70. The Kier molecular flexibility index (Phi) is 4.73. The molecule has 0 amide bonds. The van der Waals surface area contributed by atoms with Crippen LogP contribution < -0.4 is 0 Å². The van der Waals surface area contributed by atoms with E-state index in [0.29, 0.717) is 17.9 Å². The Hall–Kier alpha value is -1.40. The number of sulfonamides is 1. The van der Waals surface area contributed by atoms with E-state index < -0.39 is 16.1 Å². The minimum absolute atomic E-state index is 0.184. The molecule has 2 aromatic carbocycles. The molecule has 1 aliphatic rings. The van der Waals surface area contributed by atoms with E-state index in [1.807, 2.05) is 30.3 Å². The molecule has 1 N–H and O–H groups in total. The van der Waals surface area contributed by atoms with Crippen LogP contribution in [-0.4, -0.2) is 30.5 Å². The van der Waals surface area contributed by atoms with Crippen molar-refractivity contribution in [2.45, 2.75) is 29.8 Å². The maximum absolute atomic E-state index is 13.1. The molecule has 1 saturated heterocycles. The summed E-state index contributed by atoms with van der Waals surface area (Å²) in [6.07, 6.45) is 1.34. The molecule has 0 spiro atoms. The molecule has 0 bridgehead atoms. The first-order valence-electron chi connectivity index (χ1n) is 7.49. The van der Waals surface area contributed by atoms with Crippen LogP contribution in [-0.2, 0) is 10.0 Å². The molecular weight excluding hydrogens is 334 g/mol. The Labute approximate surface area is 141 Å². The molecule has 3 rings (SSSR count). The van der Waals surface area contributed by atoms with E-state index in [4.69, 9.17) is 11.6 Å². The summed E-state index contributed by atoms with van der Waals surface area (Å²) in [5.74, 6) is 0. The van der Waals surface area contributed by atoms with Crippen LogP contribution in [0.15, 0.2) is 59.5 Å². The SMILES string of the molecule is O=S(=O)(c1ccc(Cl)cc1)N1C(CO)CCC1c1ccccc1. The number of aliphatic hydroxyl groups is 1. The highest BCUT2D eigenvalue weighted by atomic mass is 35.5. The van der Waals surface area contributed by atoms with Crippen molar-refractivity contribution >= 4 is 21.6 Å². The van der Waals surface area contributed by atoms with Crippen LogP contribution in [0.25, 0.3) is 0 Å². The molecule has 0 saturated carbocycles. The number of aliphatic hydroxyl groups excluding tert-OH is 1. The summed E-state index contributed by atoms with van der Waals surface area (Å²) >= 11 is 5.85. The number of halogens is 1. The third-order valence-electron chi connectivity index (χ3n) is 4.22. The first-order chi connectivity index (χ1) is 11.0. The number of nitrogens with zero attached hydrogens (tertiary/aromatic N) is 1. The van der Waals surface area contributed by atoms with Gasteiger partial charge >= 0.3 is 0 Å². The summed E-state index contributed by atoms with van der Waals surface area (Å²) in [4.78, 5) is 0.197. The Balaban J connectivity index is 2.03. The van der Waals surface area contributed by atoms with Crippen molar-refractivity contribution in [1.82, 2.24) is 4.31 Å². The molecule has 0 aliphatic carbocycles. The van der Waals surface area contributed by atoms with Crippen molar-refractivity contribution in [3.05, 3.63) is 65.2 Å². The molecule has 6 heteroatoms. The van der Waals surface area contributed by atoms with E-state index in [0.717, 1.165) is 5.56 Å². The van der Waals surface area contributed by atoms with Crippen molar-refractivity contribution < 1.29 is 13.5 Å². The average Bonchev–Trinajstić information content (AvgIpc) is 3.01. The molecule has 2 atom stereocenters. The standard InChI is InChI=1S/C17H18ClNO3S/c18-14-6-9-16(10-7-14)23(21,22)19-15(12-20)8-11-17(19)13-4-2-1-3-5-13/h1-7,9-10,15,17,20H,8,11-12H2. The quantitative estimate of drug-likeness (QED) is 0.920. The molecule has 23 heavy (non-hydrogen) atoms. The average molecular weight is 352 g/mol. The van der Waals surface area contributed by atoms with Crippen LogP contribution in [0.1, 0.15) is 24.4 Å². The van der Waals surface area contributed by atoms with Gasteiger partial charge in [-0.1, -0.05) is 41.9 Å². The highest BCUT2D eigenvalue weighted by molar-refractivity contribution is 7.89. The van der Waals surface area contributed by atoms with Crippen molar-refractivity contribution in [1.29, 1.82) is 0 Å².